The molecule has 1 amide bonds. The molecule has 2 heterocycles. The van der Waals surface area contributed by atoms with Crippen molar-refractivity contribution in [2.75, 3.05) is 19.8 Å². The Morgan fingerprint density at radius 2 is 1.66 bits per heavy atom. The standard InChI is InChI=1S/C35H35N5O6S/c1-4-44-33(42)24-16-14-23(15-17-24)19-40-20-25(26-10-6-8-12-28(26)40)18-36-39-30(41)21-46-29-13-9-7-11-27(29)32-31(34(43)45-5-2)22(3)37-35(47)38-32/h6-18,20,32H,4-5,19,21H2,1-3H3,(H,39,41)(H2,37,38,47)/t32-/m0/s1. The number of amides is 1. The molecular formula is C35H35N5O6S. The first kappa shape index (κ1) is 32.9. The van der Waals surface area contributed by atoms with Crippen LogP contribution in [-0.2, 0) is 25.6 Å². The number of thiocarbonyl (C=S) groups is 1. The van der Waals surface area contributed by atoms with Crippen molar-refractivity contribution in [1.82, 2.24) is 20.6 Å². The summed E-state index contributed by atoms with van der Waals surface area (Å²) in [6, 6.07) is 21.7. The van der Waals surface area contributed by atoms with Gasteiger partial charge in [0.05, 0.1) is 36.6 Å². The highest BCUT2D eigenvalue weighted by atomic mass is 32.1. The molecule has 12 heteroatoms. The fraction of sp³-hybridized carbons (Fsp3) is 0.229. The zero-order valence-electron chi connectivity index (χ0n) is 26.2. The maximum Gasteiger partial charge on any atom is 0.338 e. The van der Waals surface area contributed by atoms with E-state index in [0.29, 0.717) is 46.4 Å². The number of allylic oxidation sites excluding steroid dienone is 1. The Kier molecular flexibility index (Phi) is 10.6. The van der Waals surface area contributed by atoms with Crippen LogP contribution < -0.4 is 20.8 Å². The van der Waals surface area contributed by atoms with Gasteiger partial charge < -0.3 is 29.4 Å². The first-order chi connectivity index (χ1) is 22.8. The van der Waals surface area contributed by atoms with Crippen LogP contribution in [0.25, 0.3) is 10.9 Å². The van der Waals surface area contributed by atoms with Gasteiger partial charge in [0.15, 0.2) is 11.7 Å². The first-order valence-corrected chi connectivity index (χ1v) is 15.5. The molecule has 5 rings (SSSR count). The number of nitrogens with one attached hydrogen (secondary N) is 3. The summed E-state index contributed by atoms with van der Waals surface area (Å²) in [6.07, 6.45) is 3.55. The number of hydrogen-bond donors (Lipinski definition) is 3. The van der Waals surface area contributed by atoms with Gasteiger partial charge in [0.1, 0.15) is 5.75 Å². The lowest BCUT2D eigenvalue weighted by Gasteiger charge is -2.30. The summed E-state index contributed by atoms with van der Waals surface area (Å²) >= 11 is 5.34. The number of carbonyl (C=O) groups is 3. The second-order valence-electron chi connectivity index (χ2n) is 10.6. The number of nitrogens with zero attached hydrogens (tertiary/aromatic N) is 2. The zero-order chi connectivity index (χ0) is 33.3. The third-order valence-corrected chi connectivity index (χ3v) is 7.60. The summed E-state index contributed by atoms with van der Waals surface area (Å²) in [5, 5.41) is 11.6. The molecule has 0 unspecified atom stereocenters. The Bertz CT molecular complexity index is 1860. The molecular weight excluding hydrogens is 618 g/mol. The van der Waals surface area contributed by atoms with Gasteiger partial charge in [-0.3, -0.25) is 4.79 Å². The first-order valence-electron chi connectivity index (χ1n) is 15.1. The number of hydrogen-bond acceptors (Lipinski definition) is 8. The van der Waals surface area contributed by atoms with Crippen molar-refractivity contribution in [3.8, 4) is 5.75 Å². The molecule has 0 spiro atoms. The number of para-hydroxylation sites is 2. The summed E-state index contributed by atoms with van der Waals surface area (Å²) in [5.74, 6) is -0.888. The zero-order valence-corrected chi connectivity index (χ0v) is 27.1. The van der Waals surface area contributed by atoms with E-state index >= 15 is 0 Å². The van der Waals surface area contributed by atoms with Gasteiger partial charge >= 0.3 is 11.9 Å². The fourth-order valence-corrected chi connectivity index (χ4v) is 5.54. The second kappa shape index (κ2) is 15.2. The molecule has 11 nitrogen and oxygen atoms in total. The molecule has 1 atom stereocenters. The van der Waals surface area contributed by atoms with Crippen LogP contribution in [0.5, 0.6) is 5.75 Å². The van der Waals surface area contributed by atoms with Crippen molar-refractivity contribution in [2.24, 2.45) is 5.10 Å². The van der Waals surface area contributed by atoms with Gasteiger partial charge in [-0.2, -0.15) is 5.10 Å². The lowest BCUT2D eigenvalue weighted by molar-refractivity contribution is -0.139. The minimum absolute atomic E-state index is 0.221. The van der Waals surface area contributed by atoms with Crippen LogP contribution in [0.2, 0.25) is 0 Å². The Labute approximate surface area is 277 Å². The second-order valence-corrected chi connectivity index (χ2v) is 11.0. The Hall–Kier alpha value is -5.49. The summed E-state index contributed by atoms with van der Waals surface area (Å²) in [4.78, 5) is 37.6. The van der Waals surface area contributed by atoms with Gasteiger partial charge in [0.2, 0.25) is 0 Å². The van der Waals surface area contributed by atoms with E-state index in [4.69, 9.17) is 26.4 Å². The molecule has 4 aromatic rings. The quantitative estimate of drug-likeness (QED) is 0.0858. The molecule has 0 radical (unpaired) electrons. The largest absolute Gasteiger partial charge is 0.483 e. The lowest BCUT2D eigenvalue weighted by atomic mass is 9.95. The van der Waals surface area contributed by atoms with Crippen LogP contribution in [0.3, 0.4) is 0 Å². The highest BCUT2D eigenvalue weighted by molar-refractivity contribution is 7.80. The van der Waals surface area contributed by atoms with Gasteiger partial charge in [-0.05, 0) is 62.8 Å². The van der Waals surface area contributed by atoms with E-state index in [1.54, 1.807) is 57.3 Å². The number of carbonyl (C=O) groups excluding carboxylic acids is 3. The summed E-state index contributed by atoms with van der Waals surface area (Å²) in [7, 11) is 0. The maximum atomic E-state index is 12.8. The van der Waals surface area contributed by atoms with Crippen LogP contribution in [0.15, 0.2) is 95.4 Å². The smallest absolute Gasteiger partial charge is 0.338 e. The molecule has 1 aromatic heterocycles. The molecule has 0 bridgehead atoms. The monoisotopic (exact) mass is 653 g/mol. The average Bonchev–Trinajstić information content (AvgIpc) is 3.41. The number of ether oxygens (including phenoxy) is 3. The summed E-state index contributed by atoms with van der Waals surface area (Å²) in [5.41, 5.74) is 7.43. The van der Waals surface area contributed by atoms with Crippen LogP contribution in [0.4, 0.5) is 0 Å². The van der Waals surface area contributed by atoms with Gasteiger partial charge in [-0.1, -0.05) is 48.5 Å². The van der Waals surface area contributed by atoms with Gasteiger partial charge in [-0.15, -0.1) is 0 Å². The maximum absolute atomic E-state index is 12.8. The number of benzene rings is 3. The molecule has 1 aliphatic rings. The SMILES string of the molecule is CCOC(=O)C1=C(C)NC(=S)N[C@H]1c1ccccc1OCC(=O)NN=Cc1cn(Cc2ccc(C(=O)OCC)cc2)c2ccccc12. The van der Waals surface area contributed by atoms with Crippen molar-refractivity contribution in [3.05, 3.63) is 113 Å². The van der Waals surface area contributed by atoms with Crippen LogP contribution in [0.1, 0.15) is 53.9 Å². The topological polar surface area (TPSA) is 132 Å². The van der Waals surface area contributed by atoms with E-state index in [9.17, 15) is 14.4 Å². The van der Waals surface area contributed by atoms with E-state index < -0.39 is 17.9 Å². The predicted molar refractivity (Wildman–Crippen MR) is 182 cm³/mol. The molecule has 0 saturated heterocycles. The van der Waals surface area contributed by atoms with Crippen LogP contribution in [0, 0.1) is 0 Å². The van der Waals surface area contributed by atoms with Crippen LogP contribution >= 0.6 is 12.2 Å². The highest BCUT2D eigenvalue weighted by Gasteiger charge is 2.32. The van der Waals surface area contributed by atoms with Crippen molar-refractivity contribution in [2.45, 2.75) is 33.4 Å². The molecule has 1 aliphatic heterocycles. The predicted octanol–water partition coefficient (Wildman–Crippen LogP) is 4.75. The van der Waals surface area contributed by atoms with Crippen LogP contribution in [-0.4, -0.2) is 53.6 Å². The fourth-order valence-electron chi connectivity index (χ4n) is 5.27. The molecule has 3 aromatic carbocycles. The van der Waals surface area contributed by atoms with E-state index in [1.165, 1.54) is 0 Å². The number of rotatable bonds is 12. The third-order valence-electron chi connectivity index (χ3n) is 7.38. The summed E-state index contributed by atoms with van der Waals surface area (Å²) in [6.45, 7) is 6.07. The Morgan fingerprint density at radius 3 is 2.43 bits per heavy atom. The number of hydrazone groups is 1. The van der Waals surface area contributed by atoms with Crippen molar-refractivity contribution >= 4 is 52.3 Å². The minimum atomic E-state index is -0.632. The molecule has 0 saturated carbocycles. The average molecular weight is 654 g/mol. The third kappa shape index (κ3) is 7.85. The van der Waals surface area contributed by atoms with E-state index in [2.05, 4.69) is 25.7 Å². The molecule has 47 heavy (non-hydrogen) atoms. The molecule has 3 N–H and O–H groups in total. The van der Waals surface area contributed by atoms with E-state index in [1.807, 2.05) is 48.7 Å². The Balaban J connectivity index is 1.25. The minimum Gasteiger partial charge on any atom is -0.483 e. The van der Waals surface area contributed by atoms with Gasteiger partial charge in [0, 0.05) is 40.5 Å². The Morgan fingerprint density at radius 1 is 0.957 bits per heavy atom. The number of esters is 2. The summed E-state index contributed by atoms with van der Waals surface area (Å²) < 4.78 is 18.3. The number of aromatic nitrogens is 1. The number of fused-ring (bicyclic) bond motifs is 1. The molecule has 0 fully saturated rings. The normalized spacial score (nSPS) is 14.4. The van der Waals surface area contributed by atoms with Gasteiger partial charge in [-0.25, -0.2) is 15.0 Å². The molecule has 0 aliphatic carbocycles. The molecule has 242 valence electrons. The van der Waals surface area contributed by atoms with Crippen molar-refractivity contribution in [3.63, 3.8) is 0 Å². The van der Waals surface area contributed by atoms with E-state index in [0.717, 1.165) is 22.0 Å². The van der Waals surface area contributed by atoms with Gasteiger partial charge in [0.25, 0.3) is 5.91 Å². The highest BCUT2D eigenvalue weighted by Crippen LogP contribution is 2.33. The lowest BCUT2D eigenvalue weighted by Crippen LogP contribution is -2.45. The van der Waals surface area contributed by atoms with E-state index in [-0.39, 0.29) is 19.2 Å². The van der Waals surface area contributed by atoms with Crippen molar-refractivity contribution in [1.29, 1.82) is 0 Å². The van der Waals surface area contributed by atoms with Crippen molar-refractivity contribution < 1.29 is 28.6 Å².